The molecule has 0 bridgehead atoms. The quantitative estimate of drug-likeness (QED) is 0.552. The number of carbonyl (C=O) groups excluding carboxylic acids is 1. The molecule has 180 valence electrons. The van der Waals surface area contributed by atoms with E-state index in [0.29, 0.717) is 44.8 Å². The van der Waals surface area contributed by atoms with Crippen molar-refractivity contribution >= 4 is 21.6 Å². The molecule has 0 saturated heterocycles. The van der Waals surface area contributed by atoms with Crippen LogP contribution in [-0.4, -0.2) is 71.3 Å². The van der Waals surface area contributed by atoms with Crippen molar-refractivity contribution in [2.24, 2.45) is 0 Å². The Hall–Kier alpha value is -3.24. The zero-order valence-electron chi connectivity index (χ0n) is 19.3. The van der Waals surface area contributed by atoms with Crippen LogP contribution in [0.2, 0.25) is 0 Å². The Kier molecular flexibility index (Phi) is 7.59. The minimum absolute atomic E-state index is 0.0800. The molecule has 0 atom stereocenters. The van der Waals surface area contributed by atoms with Crippen LogP contribution in [0.4, 0.5) is 5.69 Å². The predicted molar refractivity (Wildman–Crippen MR) is 130 cm³/mol. The Morgan fingerprint density at radius 2 is 1.74 bits per heavy atom. The molecule has 2 aromatic carbocycles. The highest BCUT2D eigenvalue weighted by molar-refractivity contribution is 7.92. The first kappa shape index (κ1) is 23.9. The first-order valence-electron chi connectivity index (χ1n) is 11.3. The van der Waals surface area contributed by atoms with Crippen molar-refractivity contribution in [3.8, 4) is 0 Å². The van der Waals surface area contributed by atoms with Crippen molar-refractivity contribution in [3.63, 3.8) is 0 Å². The zero-order valence-corrected chi connectivity index (χ0v) is 20.1. The van der Waals surface area contributed by atoms with Crippen LogP contribution >= 0.6 is 0 Å². The number of para-hydroxylation sites is 1. The fourth-order valence-electron chi connectivity index (χ4n) is 4.21. The van der Waals surface area contributed by atoms with Gasteiger partial charge in [-0.1, -0.05) is 48.5 Å². The minimum atomic E-state index is -3.48. The molecule has 2 heterocycles. The molecule has 34 heavy (non-hydrogen) atoms. The second-order valence-corrected chi connectivity index (χ2v) is 10.4. The van der Waals surface area contributed by atoms with E-state index in [1.807, 2.05) is 42.5 Å². The number of nitrogens with zero attached hydrogens (tertiary/aromatic N) is 6. The normalized spacial score (nSPS) is 16.0. The van der Waals surface area contributed by atoms with E-state index in [4.69, 9.17) is 0 Å². The molecule has 1 aliphatic rings. The third-order valence-corrected chi connectivity index (χ3v) is 7.09. The fourth-order valence-corrected chi connectivity index (χ4v) is 5.21. The van der Waals surface area contributed by atoms with Crippen LogP contribution < -0.4 is 4.31 Å². The number of hydrogen-bond acceptors (Lipinski definition) is 6. The molecule has 1 aliphatic heterocycles. The third kappa shape index (κ3) is 6.21. The summed E-state index contributed by atoms with van der Waals surface area (Å²) in [4.78, 5) is 21.2. The van der Waals surface area contributed by atoms with Gasteiger partial charge in [0.2, 0.25) is 15.9 Å². The standard InChI is InChI=1S/C24H30N6O3S/c1-34(32,33)30-13-7-12-27(16-21-8-3-2-4-9-21)14-15-28(17-22-10-5-6-11-23(22)30)24(31)18-29-20-25-19-26-29/h2-6,8-11,19-20H,7,12-18H2,1H3. The largest absolute Gasteiger partial charge is 0.335 e. The summed E-state index contributed by atoms with van der Waals surface area (Å²) in [5, 5.41) is 4.06. The van der Waals surface area contributed by atoms with Gasteiger partial charge in [-0.05, 0) is 23.6 Å². The first-order chi connectivity index (χ1) is 16.4. The number of rotatable bonds is 5. The average molecular weight is 483 g/mol. The Labute approximate surface area is 200 Å². The third-order valence-electron chi connectivity index (χ3n) is 5.91. The molecule has 0 radical (unpaired) electrons. The molecule has 1 aromatic heterocycles. The molecule has 4 rings (SSSR count). The molecule has 9 nitrogen and oxygen atoms in total. The van der Waals surface area contributed by atoms with Gasteiger partial charge in [0.05, 0.1) is 11.9 Å². The zero-order chi connectivity index (χ0) is 24.0. The first-order valence-corrected chi connectivity index (χ1v) is 13.2. The summed E-state index contributed by atoms with van der Waals surface area (Å²) in [5.41, 5.74) is 2.61. The Balaban J connectivity index is 1.64. The Morgan fingerprint density at radius 3 is 2.47 bits per heavy atom. The van der Waals surface area contributed by atoms with Crippen molar-refractivity contribution < 1.29 is 13.2 Å². The lowest BCUT2D eigenvalue weighted by atomic mass is 10.1. The SMILES string of the molecule is CS(=O)(=O)N1CCCN(Cc2ccccc2)CCN(C(=O)Cn2cncn2)Cc2ccccc21. The van der Waals surface area contributed by atoms with Crippen molar-refractivity contribution in [2.45, 2.75) is 26.1 Å². The maximum absolute atomic E-state index is 13.3. The topological polar surface area (TPSA) is 91.6 Å². The van der Waals surface area contributed by atoms with Crippen molar-refractivity contribution in [2.75, 3.05) is 36.7 Å². The average Bonchev–Trinajstić information content (AvgIpc) is 3.31. The summed E-state index contributed by atoms with van der Waals surface area (Å²) in [6.45, 7) is 3.43. The van der Waals surface area contributed by atoms with E-state index < -0.39 is 10.0 Å². The number of fused-ring (bicyclic) bond motifs is 1. The fraction of sp³-hybridized carbons (Fsp3) is 0.375. The second kappa shape index (κ2) is 10.8. The van der Waals surface area contributed by atoms with Gasteiger partial charge in [-0.25, -0.2) is 18.1 Å². The van der Waals surface area contributed by atoms with Gasteiger partial charge in [-0.15, -0.1) is 0 Å². The molecule has 0 fully saturated rings. The van der Waals surface area contributed by atoms with Crippen molar-refractivity contribution in [1.82, 2.24) is 24.6 Å². The lowest BCUT2D eigenvalue weighted by Crippen LogP contribution is -2.40. The number of amides is 1. The molecule has 1 amide bonds. The maximum Gasteiger partial charge on any atom is 0.244 e. The molecule has 0 saturated carbocycles. The van der Waals surface area contributed by atoms with Gasteiger partial charge >= 0.3 is 0 Å². The highest BCUT2D eigenvalue weighted by atomic mass is 32.2. The Bertz CT molecular complexity index is 1180. The van der Waals surface area contributed by atoms with Crippen molar-refractivity contribution in [3.05, 3.63) is 78.4 Å². The summed E-state index contributed by atoms with van der Waals surface area (Å²) in [6.07, 6.45) is 4.84. The molecular formula is C24H30N6O3S. The highest BCUT2D eigenvalue weighted by Gasteiger charge is 2.24. The number of sulfonamides is 1. The number of benzene rings is 2. The van der Waals surface area contributed by atoms with Gasteiger partial charge in [0.15, 0.2) is 0 Å². The van der Waals surface area contributed by atoms with Crippen LogP contribution in [0.5, 0.6) is 0 Å². The van der Waals surface area contributed by atoms with E-state index in [2.05, 4.69) is 27.1 Å². The predicted octanol–water partition coefficient (Wildman–Crippen LogP) is 1.98. The number of hydrogen-bond donors (Lipinski definition) is 0. The van der Waals surface area contributed by atoms with E-state index in [9.17, 15) is 13.2 Å². The number of aromatic nitrogens is 3. The van der Waals surface area contributed by atoms with Crippen LogP contribution in [-0.2, 0) is 34.5 Å². The lowest BCUT2D eigenvalue weighted by molar-refractivity contribution is -0.132. The van der Waals surface area contributed by atoms with Crippen LogP contribution in [0.25, 0.3) is 0 Å². The highest BCUT2D eigenvalue weighted by Crippen LogP contribution is 2.25. The molecular weight excluding hydrogens is 452 g/mol. The summed E-state index contributed by atoms with van der Waals surface area (Å²) >= 11 is 0. The molecule has 0 N–H and O–H groups in total. The smallest absolute Gasteiger partial charge is 0.244 e. The summed E-state index contributed by atoms with van der Waals surface area (Å²) < 4.78 is 28.4. The number of anilines is 1. The lowest BCUT2D eigenvalue weighted by Gasteiger charge is -2.28. The van der Waals surface area contributed by atoms with Crippen LogP contribution in [0, 0.1) is 0 Å². The second-order valence-electron chi connectivity index (χ2n) is 8.49. The van der Waals surface area contributed by atoms with Crippen LogP contribution in [0.3, 0.4) is 0 Å². The molecule has 0 aliphatic carbocycles. The van der Waals surface area contributed by atoms with Gasteiger partial charge in [0, 0.05) is 39.3 Å². The van der Waals surface area contributed by atoms with Gasteiger partial charge in [-0.3, -0.25) is 14.0 Å². The molecule has 0 spiro atoms. The van der Waals surface area contributed by atoms with E-state index in [1.165, 1.54) is 33.5 Å². The van der Waals surface area contributed by atoms with Gasteiger partial charge < -0.3 is 4.90 Å². The van der Waals surface area contributed by atoms with E-state index in [-0.39, 0.29) is 12.5 Å². The summed E-state index contributed by atoms with van der Waals surface area (Å²) in [7, 11) is -3.48. The summed E-state index contributed by atoms with van der Waals surface area (Å²) in [5.74, 6) is -0.0925. The molecule has 10 heteroatoms. The number of carbonyl (C=O) groups is 1. The van der Waals surface area contributed by atoms with Gasteiger partial charge in [0.1, 0.15) is 19.2 Å². The van der Waals surface area contributed by atoms with Gasteiger partial charge in [0.25, 0.3) is 0 Å². The molecule has 0 unspecified atom stereocenters. The van der Waals surface area contributed by atoms with Crippen LogP contribution in [0.1, 0.15) is 17.5 Å². The van der Waals surface area contributed by atoms with Crippen molar-refractivity contribution in [1.29, 1.82) is 0 Å². The minimum Gasteiger partial charge on any atom is -0.335 e. The summed E-state index contributed by atoms with van der Waals surface area (Å²) in [6, 6.07) is 17.6. The Morgan fingerprint density at radius 1 is 0.971 bits per heavy atom. The molecule has 3 aromatic rings. The van der Waals surface area contributed by atoms with E-state index >= 15 is 0 Å². The van der Waals surface area contributed by atoms with E-state index in [1.54, 1.807) is 4.90 Å². The maximum atomic E-state index is 13.3. The van der Waals surface area contributed by atoms with Crippen LogP contribution in [0.15, 0.2) is 67.3 Å². The monoisotopic (exact) mass is 482 g/mol. The van der Waals surface area contributed by atoms with E-state index in [0.717, 1.165) is 12.1 Å². The van der Waals surface area contributed by atoms with Gasteiger partial charge in [-0.2, -0.15) is 5.10 Å².